The van der Waals surface area contributed by atoms with Crippen molar-refractivity contribution >= 4 is 5.97 Å². The topological polar surface area (TPSA) is 58.4 Å². The zero-order chi connectivity index (χ0) is 11.5. The third-order valence-electron chi connectivity index (χ3n) is 3.03. The Morgan fingerprint density at radius 2 is 2.19 bits per heavy atom. The molecule has 0 unspecified atom stereocenters. The molecule has 5 nitrogen and oxygen atoms in total. The maximum atomic E-state index is 10.8. The highest BCUT2D eigenvalue weighted by Gasteiger charge is 2.14. The minimum absolute atomic E-state index is 0.261. The van der Waals surface area contributed by atoms with Crippen LogP contribution in [0.25, 0.3) is 0 Å². The number of rotatable bonds is 4. The maximum Gasteiger partial charge on any atom is 0.354 e. The summed E-state index contributed by atoms with van der Waals surface area (Å²) in [7, 11) is 1.67. The van der Waals surface area contributed by atoms with E-state index in [1.807, 2.05) is 0 Å². The Morgan fingerprint density at radius 1 is 1.50 bits per heavy atom. The molecule has 0 radical (unpaired) electrons. The molecular formula is C11H17N3O2. The predicted molar refractivity (Wildman–Crippen MR) is 59.5 cm³/mol. The molecule has 1 aliphatic heterocycles. The lowest BCUT2D eigenvalue weighted by atomic mass is 10.2. The van der Waals surface area contributed by atoms with Gasteiger partial charge in [-0.1, -0.05) is 0 Å². The van der Waals surface area contributed by atoms with Gasteiger partial charge in [0.1, 0.15) is 5.69 Å². The molecule has 0 saturated carbocycles. The van der Waals surface area contributed by atoms with Crippen molar-refractivity contribution in [1.82, 2.24) is 14.7 Å². The smallest absolute Gasteiger partial charge is 0.354 e. The van der Waals surface area contributed by atoms with E-state index in [0.717, 1.165) is 18.7 Å². The van der Waals surface area contributed by atoms with Crippen LogP contribution in [0.3, 0.4) is 0 Å². The second kappa shape index (κ2) is 4.65. The first-order chi connectivity index (χ1) is 7.66. The first-order valence-corrected chi connectivity index (χ1v) is 5.65. The van der Waals surface area contributed by atoms with E-state index in [0.29, 0.717) is 0 Å². The third kappa shape index (κ3) is 2.41. The van der Waals surface area contributed by atoms with E-state index in [1.165, 1.54) is 30.6 Å². The Labute approximate surface area is 94.7 Å². The number of hydrogen-bond acceptors (Lipinski definition) is 3. The molecule has 0 amide bonds. The number of likely N-dealkylation sites (tertiary alicyclic amines) is 1. The molecule has 16 heavy (non-hydrogen) atoms. The summed E-state index contributed by atoms with van der Waals surface area (Å²) in [5.41, 5.74) is 1.13. The molecular weight excluding hydrogens is 206 g/mol. The van der Waals surface area contributed by atoms with Gasteiger partial charge in [0.25, 0.3) is 0 Å². The fraction of sp³-hybridized carbons (Fsp3) is 0.636. The van der Waals surface area contributed by atoms with E-state index in [2.05, 4.69) is 10.00 Å². The lowest BCUT2D eigenvalue weighted by molar-refractivity contribution is 0.0685. The van der Waals surface area contributed by atoms with E-state index in [1.54, 1.807) is 13.1 Å². The van der Waals surface area contributed by atoms with Crippen LogP contribution in [0.1, 0.15) is 29.0 Å². The zero-order valence-corrected chi connectivity index (χ0v) is 9.52. The standard InChI is InChI=1S/C11H17N3O2/c1-13-10(11(15)16)8-9(12-13)4-7-14-5-2-3-6-14/h8H,2-7H2,1H3,(H,15,16). The van der Waals surface area contributed by atoms with Crippen molar-refractivity contribution in [3.8, 4) is 0 Å². The predicted octanol–water partition coefficient (Wildman–Crippen LogP) is 0.757. The van der Waals surface area contributed by atoms with E-state index in [9.17, 15) is 4.79 Å². The lowest BCUT2D eigenvalue weighted by Gasteiger charge is -2.12. The summed E-state index contributed by atoms with van der Waals surface area (Å²) >= 11 is 0. The molecule has 1 aromatic heterocycles. The van der Waals surface area contributed by atoms with Gasteiger partial charge in [-0.25, -0.2) is 4.79 Å². The fourth-order valence-corrected chi connectivity index (χ4v) is 2.13. The molecule has 88 valence electrons. The van der Waals surface area contributed by atoms with Crippen molar-refractivity contribution in [1.29, 1.82) is 0 Å². The minimum Gasteiger partial charge on any atom is -0.477 e. The Hall–Kier alpha value is -1.36. The summed E-state index contributed by atoms with van der Waals surface area (Å²) in [4.78, 5) is 13.2. The average molecular weight is 223 g/mol. The van der Waals surface area contributed by atoms with Gasteiger partial charge in [0.15, 0.2) is 0 Å². The minimum atomic E-state index is -0.914. The maximum absolute atomic E-state index is 10.8. The van der Waals surface area contributed by atoms with Crippen LogP contribution in [0.5, 0.6) is 0 Å². The second-order valence-corrected chi connectivity index (χ2v) is 4.25. The van der Waals surface area contributed by atoms with Gasteiger partial charge < -0.3 is 10.0 Å². The molecule has 1 saturated heterocycles. The van der Waals surface area contributed by atoms with E-state index in [-0.39, 0.29) is 5.69 Å². The van der Waals surface area contributed by atoms with E-state index < -0.39 is 5.97 Å². The fourth-order valence-electron chi connectivity index (χ4n) is 2.13. The Kier molecular flexibility index (Phi) is 3.24. The SMILES string of the molecule is Cn1nc(CCN2CCCC2)cc1C(=O)O. The number of carboxylic acids is 1. The van der Waals surface area contributed by atoms with E-state index >= 15 is 0 Å². The van der Waals surface area contributed by atoms with Crippen LogP contribution in [0.15, 0.2) is 6.07 Å². The Balaban J connectivity index is 1.94. The van der Waals surface area contributed by atoms with Gasteiger partial charge in [-0.15, -0.1) is 0 Å². The second-order valence-electron chi connectivity index (χ2n) is 4.25. The molecule has 5 heteroatoms. The zero-order valence-electron chi connectivity index (χ0n) is 9.52. The molecule has 0 spiro atoms. The number of aromatic nitrogens is 2. The highest BCUT2D eigenvalue weighted by atomic mass is 16.4. The highest BCUT2D eigenvalue weighted by molar-refractivity contribution is 5.85. The molecule has 1 aromatic rings. The van der Waals surface area contributed by atoms with Crippen LogP contribution in [-0.2, 0) is 13.5 Å². The summed E-state index contributed by atoms with van der Waals surface area (Å²) in [6.45, 7) is 3.31. The van der Waals surface area contributed by atoms with Gasteiger partial charge >= 0.3 is 5.97 Å². The molecule has 1 aliphatic rings. The molecule has 1 N–H and O–H groups in total. The average Bonchev–Trinajstić information content (AvgIpc) is 2.83. The number of aromatic carboxylic acids is 1. The van der Waals surface area contributed by atoms with Crippen molar-refractivity contribution in [3.05, 3.63) is 17.5 Å². The van der Waals surface area contributed by atoms with Crippen LogP contribution >= 0.6 is 0 Å². The van der Waals surface area contributed by atoms with Gasteiger partial charge in [0.05, 0.1) is 5.69 Å². The van der Waals surface area contributed by atoms with Crippen LogP contribution in [0.4, 0.5) is 0 Å². The summed E-state index contributed by atoms with van der Waals surface area (Å²) in [5, 5.41) is 13.1. The lowest BCUT2D eigenvalue weighted by Crippen LogP contribution is -2.22. The van der Waals surface area contributed by atoms with Gasteiger partial charge in [-0.2, -0.15) is 5.10 Å². The summed E-state index contributed by atoms with van der Waals surface area (Å²) < 4.78 is 1.43. The summed E-state index contributed by atoms with van der Waals surface area (Å²) in [5.74, 6) is -0.914. The van der Waals surface area contributed by atoms with Crippen molar-refractivity contribution in [2.45, 2.75) is 19.3 Å². The normalized spacial score (nSPS) is 16.8. The van der Waals surface area contributed by atoms with Crippen LogP contribution < -0.4 is 0 Å². The Morgan fingerprint density at radius 3 is 2.75 bits per heavy atom. The number of carboxylic acid groups (broad SMARTS) is 1. The largest absolute Gasteiger partial charge is 0.477 e. The van der Waals surface area contributed by atoms with Crippen LogP contribution in [-0.4, -0.2) is 45.4 Å². The quantitative estimate of drug-likeness (QED) is 0.818. The first kappa shape index (κ1) is 11.1. The third-order valence-corrected chi connectivity index (χ3v) is 3.03. The van der Waals surface area contributed by atoms with Crippen molar-refractivity contribution in [3.63, 3.8) is 0 Å². The van der Waals surface area contributed by atoms with Crippen molar-refractivity contribution < 1.29 is 9.90 Å². The van der Waals surface area contributed by atoms with Crippen LogP contribution in [0.2, 0.25) is 0 Å². The molecule has 0 atom stereocenters. The Bertz CT molecular complexity index is 381. The van der Waals surface area contributed by atoms with Gasteiger partial charge in [0.2, 0.25) is 0 Å². The van der Waals surface area contributed by atoms with Gasteiger partial charge in [-0.05, 0) is 32.0 Å². The summed E-state index contributed by atoms with van der Waals surface area (Å²) in [6, 6.07) is 1.67. The molecule has 0 aliphatic carbocycles. The van der Waals surface area contributed by atoms with Gasteiger partial charge in [-0.3, -0.25) is 4.68 Å². The monoisotopic (exact) mass is 223 g/mol. The van der Waals surface area contributed by atoms with E-state index in [4.69, 9.17) is 5.11 Å². The molecule has 2 heterocycles. The molecule has 0 bridgehead atoms. The molecule has 1 fully saturated rings. The number of aryl methyl sites for hydroxylation is 1. The van der Waals surface area contributed by atoms with Crippen molar-refractivity contribution in [2.75, 3.05) is 19.6 Å². The highest BCUT2D eigenvalue weighted by Crippen LogP contribution is 2.09. The first-order valence-electron chi connectivity index (χ1n) is 5.65. The van der Waals surface area contributed by atoms with Crippen LogP contribution in [0, 0.1) is 0 Å². The van der Waals surface area contributed by atoms with Crippen molar-refractivity contribution in [2.24, 2.45) is 7.05 Å². The number of nitrogens with zero attached hydrogens (tertiary/aromatic N) is 3. The number of hydrogen-bond donors (Lipinski definition) is 1. The molecule has 0 aromatic carbocycles. The summed E-state index contributed by atoms with van der Waals surface area (Å²) in [6.07, 6.45) is 3.40. The van der Waals surface area contributed by atoms with Gasteiger partial charge in [0, 0.05) is 20.0 Å². The molecule has 2 rings (SSSR count). The number of carbonyl (C=O) groups is 1.